The third kappa shape index (κ3) is 8.10. The van der Waals surface area contributed by atoms with Crippen LogP contribution in [0.25, 0.3) is 0 Å². The molecule has 0 radical (unpaired) electrons. The minimum Gasteiger partial charge on any atom is -0.493 e. The predicted molar refractivity (Wildman–Crippen MR) is 176 cm³/mol. The summed E-state index contributed by atoms with van der Waals surface area (Å²) >= 11 is 6.51. The summed E-state index contributed by atoms with van der Waals surface area (Å²) in [6, 6.07) is 16.0. The number of benzene rings is 3. The molecule has 2 amide bonds. The monoisotopic (exact) mass is 655 g/mol. The van der Waals surface area contributed by atoms with Gasteiger partial charge in [0.15, 0.2) is 11.5 Å². The van der Waals surface area contributed by atoms with E-state index in [2.05, 4.69) is 5.32 Å². The van der Waals surface area contributed by atoms with E-state index in [-0.39, 0.29) is 29.1 Å². The molecule has 0 unspecified atom stereocenters. The van der Waals surface area contributed by atoms with Gasteiger partial charge in [0.1, 0.15) is 12.6 Å². The van der Waals surface area contributed by atoms with Gasteiger partial charge in [-0.3, -0.25) is 13.9 Å². The molecule has 1 N–H and O–H groups in total. The molecule has 45 heavy (non-hydrogen) atoms. The smallest absolute Gasteiger partial charge is 0.264 e. The average Bonchev–Trinajstić information content (AvgIpc) is 3.52. The number of amides is 2. The van der Waals surface area contributed by atoms with Crippen molar-refractivity contribution < 1.29 is 27.5 Å². The number of carbonyl (C=O) groups excluding carboxylic acids is 2. The zero-order valence-corrected chi connectivity index (χ0v) is 28.1. The number of halogens is 1. The van der Waals surface area contributed by atoms with Gasteiger partial charge in [-0.25, -0.2) is 8.42 Å². The highest BCUT2D eigenvalue weighted by Crippen LogP contribution is 2.33. The number of carbonyl (C=O) groups is 2. The Morgan fingerprint density at radius 3 is 2.20 bits per heavy atom. The van der Waals surface area contributed by atoms with Crippen LogP contribution in [0.1, 0.15) is 55.7 Å². The Morgan fingerprint density at radius 1 is 0.956 bits per heavy atom. The van der Waals surface area contributed by atoms with E-state index in [0.717, 1.165) is 41.1 Å². The number of hydrogen-bond acceptors (Lipinski definition) is 6. The summed E-state index contributed by atoms with van der Waals surface area (Å²) in [7, 11) is -1.41. The highest BCUT2D eigenvalue weighted by atomic mass is 35.5. The minimum absolute atomic E-state index is 0.0339. The number of sulfonamides is 1. The van der Waals surface area contributed by atoms with Gasteiger partial charge in [-0.15, -0.1) is 0 Å². The maximum atomic E-state index is 14.4. The maximum absolute atomic E-state index is 14.4. The van der Waals surface area contributed by atoms with Crippen LogP contribution in [-0.4, -0.2) is 58.0 Å². The summed E-state index contributed by atoms with van der Waals surface area (Å²) in [5.41, 5.74) is 2.65. The van der Waals surface area contributed by atoms with Crippen molar-refractivity contribution in [3.63, 3.8) is 0 Å². The molecule has 1 aliphatic rings. The molecule has 11 heteroatoms. The first-order chi connectivity index (χ1) is 21.5. The second-order valence-electron chi connectivity index (χ2n) is 11.4. The number of nitrogens with one attached hydrogen (secondary N) is 1. The number of methoxy groups -OCH3 is 2. The van der Waals surface area contributed by atoms with Crippen LogP contribution in [0.15, 0.2) is 65.6 Å². The van der Waals surface area contributed by atoms with Gasteiger partial charge in [-0.2, -0.15) is 0 Å². The lowest BCUT2D eigenvalue weighted by Crippen LogP contribution is -2.53. The topological polar surface area (TPSA) is 105 Å². The fourth-order valence-corrected chi connectivity index (χ4v) is 7.43. The van der Waals surface area contributed by atoms with Crippen LogP contribution in [0, 0.1) is 13.8 Å². The lowest BCUT2D eigenvalue weighted by atomic mass is 10.1. The summed E-state index contributed by atoms with van der Waals surface area (Å²) in [5, 5.41) is 3.57. The Kier molecular flexibility index (Phi) is 11.4. The molecular weight excluding hydrogens is 614 g/mol. The number of anilines is 1. The Morgan fingerprint density at radius 2 is 1.60 bits per heavy atom. The van der Waals surface area contributed by atoms with Gasteiger partial charge >= 0.3 is 0 Å². The first kappa shape index (κ1) is 34.1. The van der Waals surface area contributed by atoms with Gasteiger partial charge < -0.3 is 19.7 Å². The summed E-state index contributed by atoms with van der Waals surface area (Å²) in [5.74, 6) is -0.187. The first-order valence-corrected chi connectivity index (χ1v) is 17.0. The van der Waals surface area contributed by atoms with Crippen LogP contribution >= 0.6 is 11.6 Å². The van der Waals surface area contributed by atoms with Crippen LogP contribution in [0.3, 0.4) is 0 Å². The minimum atomic E-state index is -4.30. The maximum Gasteiger partial charge on any atom is 0.264 e. The van der Waals surface area contributed by atoms with E-state index in [9.17, 15) is 18.0 Å². The Labute approximate surface area is 271 Å². The highest BCUT2D eigenvalue weighted by Gasteiger charge is 2.35. The average molecular weight is 656 g/mol. The molecule has 0 bridgehead atoms. The zero-order valence-electron chi connectivity index (χ0n) is 26.5. The molecule has 3 aromatic carbocycles. The van der Waals surface area contributed by atoms with Crippen molar-refractivity contribution in [2.75, 3.05) is 25.1 Å². The van der Waals surface area contributed by atoms with Crippen molar-refractivity contribution >= 4 is 39.1 Å². The molecule has 0 aliphatic heterocycles. The van der Waals surface area contributed by atoms with E-state index in [1.54, 1.807) is 30.3 Å². The largest absolute Gasteiger partial charge is 0.493 e. The van der Waals surface area contributed by atoms with E-state index >= 15 is 0 Å². The second kappa shape index (κ2) is 15.0. The lowest BCUT2D eigenvalue weighted by molar-refractivity contribution is -0.140. The standard InChI is InChI=1S/C34H42ClN3O6S/c1-6-30(34(40)36-26-12-8-9-13-26)37(21-25-11-7-10-14-29(25)35)33(39)22-38(27-18-23(2)17-24(3)19-27)45(41,42)28-15-16-31(43-4)32(20-28)44-5/h7,10-11,14-20,26,30H,6,8-9,12-13,21-22H2,1-5H3,(H,36,40)/t30-/m1/s1. The summed E-state index contributed by atoms with van der Waals surface area (Å²) in [6.45, 7) is 5.06. The van der Waals surface area contributed by atoms with E-state index in [1.807, 2.05) is 32.9 Å². The number of nitrogens with zero attached hydrogens (tertiary/aromatic N) is 2. The molecule has 3 aromatic rings. The van der Waals surface area contributed by atoms with Gasteiger partial charge in [0.05, 0.1) is 24.8 Å². The number of rotatable bonds is 13. The fraction of sp³-hybridized carbons (Fsp3) is 0.412. The molecular formula is C34H42ClN3O6S. The highest BCUT2D eigenvalue weighted by molar-refractivity contribution is 7.92. The van der Waals surface area contributed by atoms with E-state index in [4.69, 9.17) is 21.1 Å². The van der Waals surface area contributed by atoms with Crippen molar-refractivity contribution in [2.45, 2.75) is 76.4 Å². The Hall–Kier alpha value is -3.76. The van der Waals surface area contributed by atoms with Crippen molar-refractivity contribution in [3.05, 3.63) is 82.4 Å². The van der Waals surface area contributed by atoms with Crippen molar-refractivity contribution in [3.8, 4) is 11.5 Å². The van der Waals surface area contributed by atoms with Crippen LogP contribution in [0.2, 0.25) is 5.02 Å². The van der Waals surface area contributed by atoms with Gasteiger partial charge in [0.2, 0.25) is 11.8 Å². The van der Waals surface area contributed by atoms with E-state index in [0.29, 0.717) is 28.4 Å². The number of ether oxygens (including phenoxy) is 2. The lowest BCUT2D eigenvalue weighted by Gasteiger charge is -2.34. The molecule has 1 aliphatic carbocycles. The molecule has 0 saturated heterocycles. The summed E-state index contributed by atoms with van der Waals surface area (Å²) < 4.78 is 40.5. The molecule has 0 heterocycles. The SMILES string of the molecule is CC[C@H](C(=O)NC1CCCC1)N(Cc1ccccc1Cl)C(=O)CN(c1cc(C)cc(C)c1)S(=O)(=O)c1ccc(OC)c(OC)c1. The van der Waals surface area contributed by atoms with Crippen molar-refractivity contribution in [1.82, 2.24) is 10.2 Å². The van der Waals surface area contributed by atoms with Crippen molar-refractivity contribution in [1.29, 1.82) is 0 Å². The van der Waals surface area contributed by atoms with Gasteiger partial charge in [-0.1, -0.05) is 55.6 Å². The van der Waals surface area contributed by atoms with Gasteiger partial charge in [0.25, 0.3) is 10.0 Å². The second-order valence-corrected chi connectivity index (χ2v) is 13.7. The van der Waals surface area contributed by atoms with Crippen LogP contribution in [-0.2, 0) is 26.2 Å². The molecule has 4 rings (SSSR count). The van der Waals surface area contributed by atoms with Crippen molar-refractivity contribution in [2.24, 2.45) is 0 Å². The molecule has 242 valence electrons. The van der Waals surface area contributed by atoms with Crippen LogP contribution < -0.4 is 19.1 Å². The molecule has 0 aromatic heterocycles. The van der Waals surface area contributed by atoms with Crippen LogP contribution in [0.4, 0.5) is 5.69 Å². The Bertz CT molecular complexity index is 1600. The molecule has 1 fully saturated rings. The van der Waals surface area contributed by atoms with Crippen LogP contribution in [0.5, 0.6) is 11.5 Å². The summed E-state index contributed by atoms with van der Waals surface area (Å²) in [4.78, 5) is 29.4. The van der Waals surface area contributed by atoms with E-state index in [1.165, 1.54) is 37.3 Å². The third-order valence-electron chi connectivity index (χ3n) is 8.10. The first-order valence-electron chi connectivity index (χ1n) is 15.1. The quantitative estimate of drug-likeness (QED) is 0.241. The number of aryl methyl sites for hydroxylation is 2. The fourth-order valence-electron chi connectivity index (χ4n) is 5.82. The Balaban J connectivity index is 1.78. The third-order valence-corrected chi connectivity index (χ3v) is 10.2. The van der Waals surface area contributed by atoms with Gasteiger partial charge in [0, 0.05) is 23.7 Å². The van der Waals surface area contributed by atoms with Gasteiger partial charge in [-0.05, 0) is 80.1 Å². The predicted octanol–water partition coefficient (Wildman–Crippen LogP) is 6.04. The summed E-state index contributed by atoms with van der Waals surface area (Å²) in [6.07, 6.45) is 4.21. The molecule has 9 nitrogen and oxygen atoms in total. The normalized spacial score (nSPS) is 14.1. The molecule has 0 spiro atoms. The molecule has 1 atom stereocenters. The van der Waals surface area contributed by atoms with E-state index < -0.39 is 28.5 Å². The number of hydrogen-bond donors (Lipinski definition) is 1. The molecule has 1 saturated carbocycles. The zero-order chi connectivity index (χ0) is 32.7.